The Balaban J connectivity index is 2.46. The molecule has 42 heavy (non-hydrogen) atoms. The number of hydrogen-bond acceptors (Lipinski definition) is 5. The van der Waals surface area contributed by atoms with Crippen LogP contribution in [0, 0.1) is 11.8 Å². The number of aryl methyl sites for hydroxylation is 1. The summed E-state index contributed by atoms with van der Waals surface area (Å²) in [6.45, 7) is 10.4. The Labute approximate surface area is 260 Å². The van der Waals surface area contributed by atoms with Gasteiger partial charge in [0.25, 0.3) is 0 Å². The molecule has 6 heteroatoms. The Hall–Kier alpha value is -2.20. The van der Waals surface area contributed by atoms with Gasteiger partial charge in [-0.1, -0.05) is 6.92 Å². The summed E-state index contributed by atoms with van der Waals surface area (Å²) in [5.74, 6) is 7.87. The van der Waals surface area contributed by atoms with Crippen LogP contribution in [0.25, 0.3) is 0 Å². The van der Waals surface area contributed by atoms with Gasteiger partial charge in [0.05, 0.1) is 6.07 Å². The zero-order chi connectivity index (χ0) is 30.9. The average molecular weight is 688 g/mol. The van der Waals surface area contributed by atoms with Crippen molar-refractivity contribution >= 4 is 24.3 Å². The third-order valence-electron chi connectivity index (χ3n) is 7.30. The maximum atomic E-state index is 12.0. The third-order valence-corrected chi connectivity index (χ3v) is 21.5. The van der Waals surface area contributed by atoms with Crippen molar-refractivity contribution in [1.82, 2.24) is 0 Å². The molecule has 0 spiro atoms. The monoisotopic (exact) mass is 688 g/mol. The molecule has 0 atom stereocenters. The van der Waals surface area contributed by atoms with E-state index in [1.54, 1.807) is 12.1 Å². The summed E-state index contributed by atoms with van der Waals surface area (Å²) in [4.78, 5) is 22.9. The van der Waals surface area contributed by atoms with Crippen molar-refractivity contribution in [1.29, 1.82) is 0 Å². The van der Waals surface area contributed by atoms with Gasteiger partial charge in [-0.05, 0) is 6.08 Å². The molecule has 0 amide bonds. The summed E-state index contributed by atoms with van der Waals surface area (Å²) in [6, 6.07) is 3.09. The summed E-state index contributed by atoms with van der Waals surface area (Å²) < 4.78 is 23.4. The van der Waals surface area contributed by atoms with Crippen LogP contribution in [0.2, 0.25) is 13.3 Å². The van der Waals surface area contributed by atoms with Gasteiger partial charge in [0, 0.05) is 19.4 Å². The van der Waals surface area contributed by atoms with Crippen molar-refractivity contribution in [3.05, 3.63) is 62.5 Å². The van der Waals surface area contributed by atoms with Crippen LogP contribution in [0.5, 0.6) is 5.75 Å². The van der Waals surface area contributed by atoms with E-state index in [0.29, 0.717) is 30.1 Å². The number of carbonyl (C=O) groups is 1. The first-order valence-corrected chi connectivity index (χ1v) is 24.0. The topological polar surface area (TPSA) is 65.7 Å². The maximum absolute atomic E-state index is 12.0. The Bertz CT molecular complexity index is 1060. The molecule has 0 aliphatic rings. The second kappa shape index (κ2) is 24.3. The van der Waals surface area contributed by atoms with E-state index in [1.165, 1.54) is 64.8 Å². The number of allylic oxidation sites excluding steroid dienone is 4. The van der Waals surface area contributed by atoms with Crippen molar-refractivity contribution in [2.24, 2.45) is 0 Å². The Morgan fingerprint density at radius 2 is 1.60 bits per heavy atom. The van der Waals surface area contributed by atoms with Crippen molar-refractivity contribution in [2.75, 3.05) is 6.61 Å². The van der Waals surface area contributed by atoms with Crippen molar-refractivity contribution in [3.8, 4) is 17.6 Å². The van der Waals surface area contributed by atoms with Gasteiger partial charge in [0.2, 0.25) is 0 Å². The van der Waals surface area contributed by atoms with Gasteiger partial charge >= 0.3 is 175 Å². The van der Waals surface area contributed by atoms with Gasteiger partial charge < -0.3 is 13.9 Å². The number of hydrogen-bond donors (Lipinski definition) is 0. The van der Waals surface area contributed by atoms with Crippen molar-refractivity contribution in [3.63, 3.8) is 0 Å². The predicted molar refractivity (Wildman–Crippen MR) is 178 cm³/mol. The molecule has 0 bridgehead atoms. The molecule has 0 saturated heterocycles. The normalized spacial score (nSPS) is 12.1. The molecule has 1 aromatic heterocycles. The Morgan fingerprint density at radius 3 is 2.21 bits per heavy atom. The number of ether oxygens (including phenoxy) is 2. The molecule has 5 nitrogen and oxygen atoms in total. The second-order valence-corrected chi connectivity index (χ2v) is 24.1. The minimum absolute atomic E-state index is 0.140. The summed E-state index contributed by atoms with van der Waals surface area (Å²) in [5.41, 5.74) is -0.434. The van der Waals surface area contributed by atoms with Gasteiger partial charge in [-0.2, -0.15) is 0 Å². The van der Waals surface area contributed by atoms with Crippen molar-refractivity contribution < 1.29 is 18.7 Å². The zero-order valence-corrected chi connectivity index (χ0v) is 30.0. The average Bonchev–Trinajstić information content (AvgIpc) is 2.97. The fraction of sp³-hybridized carbons (Fsp3) is 0.611. The van der Waals surface area contributed by atoms with E-state index in [2.05, 4.69) is 54.9 Å². The Morgan fingerprint density at radius 1 is 0.905 bits per heavy atom. The van der Waals surface area contributed by atoms with Crippen LogP contribution in [0.4, 0.5) is 0 Å². The molecule has 0 N–H and O–H groups in total. The van der Waals surface area contributed by atoms with E-state index in [-0.39, 0.29) is 12.6 Å². The molecule has 0 radical (unpaired) electrons. The van der Waals surface area contributed by atoms with E-state index in [1.807, 2.05) is 6.92 Å². The fourth-order valence-electron chi connectivity index (χ4n) is 4.87. The molecule has 0 aliphatic heterocycles. The SMILES string of the molecule is CCC[CH2][Sn](/[CH]=C\C/C=C\CC#CCCCCc1cc(O/C(=C\COC(C)=O)CC)cc(=O)o1)([CH2]CCC)[CH2]CCC. The molecule has 0 aromatic carbocycles. The van der Waals surface area contributed by atoms with Gasteiger partial charge in [-0.3, -0.25) is 4.79 Å². The molecule has 1 aromatic rings. The van der Waals surface area contributed by atoms with Crippen molar-refractivity contribution in [2.45, 2.75) is 131 Å². The van der Waals surface area contributed by atoms with E-state index < -0.39 is 24.0 Å². The Kier molecular flexibility index (Phi) is 21.9. The molecule has 0 saturated carbocycles. The fourth-order valence-corrected chi connectivity index (χ4v) is 19.3. The molecular weight excluding hydrogens is 631 g/mol. The first kappa shape index (κ1) is 37.8. The van der Waals surface area contributed by atoms with Gasteiger partial charge in [0.15, 0.2) is 0 Å². The predicted octanol–water partition coefficient (Wildman–Crippen LogP) is 9.87. The first-order chi connectivity index (χ1) is 20.4. The third kappa shape index (κ3) is 18.4. The molecule has 0 unspecified atom stereocenters. The number of esters is 1. The number of carbonyl (C=O) groups excluding carboxylic acids is 1. The first-order valence-electron chi connectivity index (χ1n) is 16.3. The molecule has 0 aliphatic carbocycles. The van der Waals surface area contributed by atoms with Gasteiger partial charge in [-0.25, -0.2) is 4.79 Å². The van der Waals surface area contributed by atoms with Crippen LogP contribution in [0.15, 0.2) is 55.5 Å². The van der Waals surface area contributed by atoms with E-state index in [0.717, 1.165) is 32.1 Å². The molecule has 1 heterocycles. The van der Waals surface area contributed by atoms with Crippen LogP contribution in [0.1, 0.15) is 117 Å². The second-order valence-electron chi connectivity index (χ2n) is 11.1. The van der Waals surface area contributed by atoms with E-state index in [9.17, 15) is 9.59 Å². The zero-order valence-electron chi connectivity index (χ0n) is 27.1. The molecule has 1 rings (SSSR count). The molecule has 234 valence electrons. The van der Waals surface area contributed by atoms with Gasteiger partial charge in [-0.15, -0.1) is 0 Å². The van der Waals surface area contributed by atoms with E-state index >= 15 is 0 Å². The summed E-state index contributed by atoms with van der Waals surface area (Å²) in [7, 11) is 0. The van der Waals surface area contributed by atoms with E-state index in [4.69, 9.17) is 13.9 Å². The quantitative estimate of drug-likeness (QED) is 0.0303. The molecular formula is C36H56O5Sn. The van der Waals surface area contributed by atoms with Crippen LogP contribution in [-0.4, -0.2) is 31.0 Å². The van der Waals surface area contributed by atoms with Crippen LogP contribution < -0.4 is 10.4 Å². The summed E-state index contributed by atoms with van der Waals surface area (Å²) in [5, 5.41) is 0. The van der Waals surface area contributed by atoms with Crippen LogP contribution in [-0.2, 0) is 16.0 Å². The molecule has 0 fully saturated rings. The summed E-state index contributed by atoms with van der Waals surface area (Å²) in [6.07, 6.45) is 22.6. The summed E-state index contributed by atoms with van der Waals surface area (Å²) >= 11 is -2.15. The standard InChI is InChI=1S/C24H29O5.3C4H9.Sn/c1-4-6-7-8-9-10-11-12-13-14-15-22-18-23(19-24(26)29-22)28-21(5-2)16-17-27-20(3)25;3*1-3-4-2;/h1,4,7-8,16,18-19H,5-6,9,12-15,17H2,2-3H3;3*1,3-4H2,2H3;/b4-1?,8-7-,21-16-;;;;. The van der Waals surface area contributed by atoms with Gasteiger partial charge in [0.1, 0.15) is 23.9 Å². The number of unbranched alkanes of at least 4 members (excludes halogenated alkanes) is 5. The van der Waals surface area contributed by atoms with Crippen LogP contribution in [0.3, 0.4) is 0 Å². The minimum atomic E-state index is -2.15. The van der Waals surface area contributed by atoms with Crippen LogP contribution >= 0.6 is 0 Å². The number of rotatable bonds is 22.